The van der Waals surface area contributed by atoms with Crippen molar-refractivity contribution in [2.75, 3.05) is 14.2 Å². The molecule has 0 aliphatic rings. The minimum absolute atomic E-state index is 0.0105. The van der Waals surface area contributed by atoms with Gasteiger partial charge in [0.25, 0.3) is 0 Å². The van der Waals surface area contributed by atoms with Crippen LogP contribution in [0.25, 0.3) is 9.69 Å². The molecule has 0 aromatic carbocycles. The van der Waals surface area contributed by atoms with Gasteiger partial charge in [-0.2, -0.15) is 9.69 Å². The van der Waals surface area contributed by atoms with Crippen molar-refractivity contribution in [1.29, 1.82) is 0 Å². The summed E-state index contributed by atoms with van der Waals surface area (Å²) in [6, 6.07) is 0. The third kappa shape index (κ3) is 7.70. The molecule has 8 nitrogen and oxygen atoms in total. The number of carbonyl (C=O) groups is 1. The number of allylic oxidation sites excluding steroid dienone is 1. The molecule has 0 atom stereocenters. The normalized spacial score (nSPS) is 9.24. The highest BCUT2D eigenvalue weighted by Crippen LogP contribution is 2.15. The van der Waals surface area contributed by atoms with E-state index in [9.17, 15) is 9.90 Å². The van der Waals surface area contributed by atoms with E-state index in [1.54, 1.807) is 6.33 Å². The summed E-state index contributed by atoms with van der Waals surface area (Å²) >= 11 is 0. The predicted molar refractivity (Wildman–Crippen MR) is 69.3 cm³/mol. The quantitative estimate of drug-likeness (QED) is 0.372. The Morgan fingerprint density at radius 3 is 2.38 bits per heavy atom. The second-order valence-electron chi connectivity index (χ2n) is 3.30. The number of carbonyl (C=O) groups excluding carboxylic acids is 1. The van der Waals surface area contributed by atoms with Crippen molar-refractivity contribution >= 4 is 5.97 Å². The van der Waals surface area contributed by atoms with E-state index in [2.05, 4.69) is 29.1 Å². The van der Waals surface area contributed by atoms with E-state index < -0.39 is 11.9 Å². The van der Waals surface area contributed by atoms with Gasteiger partial charge < -0.3 is 14.6 Å². The van der Waals surface area contributed by atoms with Crippen molar-refractivity contribution in [3.8, 4) is 0 Å². The van der Waals surface area contributed by atoms with Crippen molar-refractivity contribution in [2.24, 2.45) is 0 Å². The smallest absolute Gasteiger partial charge is 0.523 e. The summed E-state index contributed by atoms with van der Waals surface area (Å²) in [4.78, 5) is 22.4. The van der Waals surface area contributed by atoms with Crippen LogP contribution in [0.4, 0.5) is 0 Å². The summed E-state index contributed by atoms with van der Waals surface area (Å²) in [5, 5.41) is 11.0. The molecule has 0 fully saturated rings. The Kier molecular flexibility index (Phi) is 8.99. The number of ether oxygens (including phenoxy) is 2. The number of aromatic amines is 2. The molecule has 1 heterocycles. The molecule has 0 aliphatic carbocycles. The predicted octanol–water partition coefficient (Wildman–Crippen LogP) is 0.277. The molecular formula is C13H14N4O4. The second kappa shape index (κ2) is 10.6. The number of imidazole rings is 1. The van der Waals surface area contributed by atoms with Gasteiger partial charge in [-0.3, -0.25) is 14.8 Å². The molecule has 0 aliphatic heterocycles. The number of hydrogen-bond donors (Lipinski definition) is 1. The third-order valence-electron chi connectivity index (χ3n) is 2.00. The Labute approximate surface area is 122 Å². The van der Waals surface area contributed by atoms with Crippen LogP contribution in [-0.4, -0.2) is 25.2 Å². The third-order valence-corrected chi connectivity index (χ3v) is 2.00. The maximum atomic E-state index is 11.0. The standard InChI is InChI=1S/C10H10N2O4.C3H4N2/c1-11-10(12-2)7(5-8(13)15-3)6-9(14)16-4;1-2-5-3-4-1/h5,13H,6H2,3-4H3;1-3H,(H,4,5)/b8-5-;. The molecule has 0 amide bonds. The highest BCUT2D eigenvalue weighted by molar-refractivity contribution is 5.73. The fourth-order valence-electron chi connectivity index (χ4n) is 1.03. The van der Waals surface area contributed by atoms with E-state index in [0.29, 0.717) is 0 Å². The molecule has 0 unspecified atom stereocenters. The largest absolute Gasteiger partial charge is 0.617 e. The molecule has 110 valence electrons. The number of methoxy groups -OCH3 is 2. The van der Waals surface area contributed by atoms with Crippen LogP contribution >= 0.6 is 0 Å². The lowest BCUT2D eigenvalue weighted by molar-refractivity contribution is -0.375. The fraction of sp³-hybridized carbons (Fsp3) is 0.231. The zero-order chi connectivity index (χ0) is 16.1. The lowest BCUT2D eigenvalue weighted by atomic mass is 10.2. The summed E-state index contributed by atoms with van der Waals surface area (Å²) < 4.78 is 8.73. The number of H-pyrrole nitrogens is 2. The molecule has 0 saturated carbocycles. The summed E-state index contributed by atoms with van der Waals surface area (Å²) in [6.45, 7) is 13.4. The Morgan fingerprint density at radius 2 is 2.05 bits per heavy atom. The Bertz CT molecular complexity index is 543. The van der Waals surface area contributed by atoms with Gasteiger partial charge in [-0.1, -0.05) is 0 Å². The molecule has 1 rings (SSSR count). The van der Waals surface area contributed by atoms with E-state index in [-0.39, 0.29) is 17.8 Å². The maximum absolute atomic E-state index is 11.0. The second-order valence-corrected chi connectivity index (χ2v) is 3.30. The zero-order valence-electron chi connectivity index (χ0n) is 11.5. The average Bonchev–Trinajstić information content (AvgIpc) is 3.07. The van der Waals surface area contributed by atoms with Crippen LogP contribution in [0.2, 0.25) is 0 Å². The van der Waals surface area contributed by atoms with Crippen molar-refractivity contribution in [3.63, 3.8) is 0 Å². The molecule has 1 aromatic rings. The van der Waals surface area contributed by atoms with E-state index in [0.717, 1.165) is 13.2 Å². The van der Waals surface area contributed by atoms with E-state index in [1.807, 2.05) is 12.4 Å². The highest BCUT2D eigenvalue weighted by atomic mass is 16.6. The summed E-state index contributed by atoms with van der Waals surface area (Å²) in [7, 11) is 2.33. The molecule has 0 bridgehead atoms. The number of nitrogens with zero attached hydrogens (tertiary/aromatic N) is 2. The fourth-order valence-corrected chi connectivity index (χ4v) is 1.03. The minimum Gasteiger partial charge on any atom is -0.617 e. The van der Waals surface area contributed by atoms with Crippen LogP contribution in [0.5, 0.6) is 0 Å². The van der Waals surface area contributed by atoms with E-state index in [1.165, 1.54) is 7.11 Å². The van der Waals surface area contributed by atoms with Gasteiger partial charge in [0.05, 0.1) is 25.0 Å². The molecule has 0 spiro atoms. The first-order valence-electron chi connectivity index (χ1n) is 5.55. The molecule has 1 aromatic heterocycles. The van der Waals surface area contributed by atoms with Crippen molar-refractivity contribution in [3.05, 3.63) is 65.0 Å². The molecule has 2 N–H and O–H groups in total. The lowest BCUT2D eigenvalue weighted by Crippen LogP contribution is -2.08. The van der Waals surface area contributed by atoms with Crippen LogP contribution in [0, 0.1) is 13.1 Å². The number of hydrogen-bond acceptors (Lipinski definition) is 4. The first-order chi connectivity index (χ1) is 10.1. The first kappa shape index (κ1) is 17.7. The van der Waals surface area contributed by atoms with Gasteiger partial charge in [0.2, 0.25) is 6.33 Å². The van der Waals surface area contributed by atoms with Crippen LogP contribution in [0.1, 0.15) is 6.42 Å². The molecule has 8 heteroatoms. The average molecular weight is 290 g/mol. The van der Waals surface area contributed by atoms with Gasteiger partial charge in [-0.15, -0.1) is 0 Å². The van der Waals surface area contributed by atoms with Gasteiger partial charge >= 0.3 is 11.8 Å². The zero-order valence-corrected chi connectivity index (χ0v) is 11.5. The molecule has 21 heavy (non-hydrogen) atoms. The number of nitrogens with one attached hydrogen (secondary N) is 2. The Morgan fingerprint density at radius 1 is 1.38 bits per heavy atom. The van der Waals surface area contributed by atoms with Gasteiger partial charge in [0.1, 0.15) is 25.5 Å². The van der Waals surface area contributed by atoms with Crippen LogP contribution in [0.15, 0.2) is 42.1 Å². The van der Waals surface area contributed by atoms with Crippen molar-refractivity contribution < 1.29 is 24.4 Å². The lowest BCUT2D eigenvalue weighted by Gasteiger charge is -2.08. The number of aromatic nitrogens is 2. The monoisotopic (exact) mass is 290 g/mol. The van der Waals surface area contributed by atoms with E-state index in [4.69, 9.17) is 13.1 Å². The van der Waals surface area contributed by atoms with Gasteiger partial charge in [0, 0.05) is 0 Å². The van der Waals surface area contributed by atoms with Gasteiger partial charge in [-0.05, 0) is 13.2 Å². The molecule has 0 radical (unpaired) electrons. The van der Waals surface area contributed by atoms with Crippen molar-refractivity contribution in [1.82, 2.24) is 4.98 Å². The van der Waals surface area contributed by atoms with Crippen LogP contribution in [0.3, 0.4) is 0 Å². The van der Waals surface area contributed by atoms with Crippen LogP contribution < -0.4 is 10.1 Å². The topological polar surface area (TPSA) is 97.2 Å². The Hall–Kier alpha value is -3.26. The molecule has 0 saturated heterocycles. The minimum atomic E-state index is -0.733. The van der Waals surface area contributed by atoms with Gasteiger partial charge in [-0.25, -0.2) is 0 Å². The summed E-state index contributed by atoms with van der Waals surface area (Å²) in [5.41, 5.74) is -0.0105. The maximum Gasteiger partial charge on any atom is 0.523 e. The van der Waals surface area contributed by atoms with E-state index >= 15 is 0 Å². The number of esters is 1. The highest BCUT2D eigenvalue weighted by Gasteiger charge is 2.16. The SMILES string of the molecule is [C-]#[N+]C([N+]#[C-])=C(/C=C(/[O-])OC)CC(=O)OC.c1c[nH+]c[nH]1. The Balaban J connectivity index is 0.000000662. The first-order valence-corrected chi connectivity index (χ1v) is 5.55. The summed E-state index contributed by atoms with van der Waals surface area (Å²) in [5.74, 6) is -1.72. The summed E-state index contributed by atoms with van der Waals surface area (Å²) in [6.07, 6.45) is 6.01. The molecular weight excluding hydrogens is 276 g/mol. The number of rotatable bonds is 4. The van der Waals surface area contributed by atoms with Crippen molar-refractivity contribution in [2.45, 2.75) is 6.42 Å². The van der Waals surface area contributed by atoms with Gasteiger partial charge in [0.15, 0.2) is 0 Å². The van der Waals surface area contributed by atoms with Crippen LogP contribution in [-0.2, 0) is 14.3 Å².